The molecule has 1 aromatic carbocycles. The SMILES string of the molecule is COc1ccc(S(=O)(=O)N2CCCCCC2)cc1NCc1cc(C)on1. The zero-order valence-corrected chi connectivity index (χ0v) is 16.0. The molecule has 8 heteroatoms. The molecular formula is C18H25N3O4S. The minimum atomic E-state index is -3.51. The molecule has 1 aliphatic heterocycles. The van der Waals surface area contributed by atoms with Gasteiger partial charge in [0.05, 0.1) is 24.2 Å². The van der Waals surface area contributed by atoms with Crippen LogP contribution in [0.25, 0.3) is 0 Å². The second-order valence-corrected chi connectivity index (χ2v) is 8.40. The van der Waals surface area contributed by atoms with Crippen molar-refractivity contribution in [3.8, 4) is 5.75 Å². The zero-order chi connectivity index (χ0) is 18.6. The predicted molar refractivity (Wildman–Crippen MR) is 98.8 cm³/mol. The molecule has 0 aliphatic carbocycles. The van der Waals surface area contributed by atoms with Crippen LogP contribution in [0.3, 0.4) is 0 Å². The third kappa shape index (κ3) is 4.19. The van der Waals surface area contributed by atoms with Crippen molar-refractivity contribution in [2.24, 2.45) is 0 Å². The number of methoxy groups -OCH3 is 1. The number of aryl methyl sites for hydroxylation is 1. The van der Waals surface area contributed by atoms with E-state index in [-0.39, 0.29) is 4.90 Å². The van der Waals surface area contributed by atoms with Gasteiger partial charge in [-0.2, -0.15) is 4.31 Å². The molecule has 142 valence electrons. The van der Waals surface area contributed by atoms with E-state index in [1.165, 1.54) is 0 Å². The molecule has 0 unspecified atom stereocenters. The summed E-state index contributed by atoms with van der Waals surface area (Å²) in [6.45, 7) is 3.40. The Bertz CT molecular complexity index is 840. The molecule has 1 aromatic heterocycles. The minimum Gasteiger partial charge on any atom is -0.495 e. The van der Waals surface area contributed by atoms with Crippen molar-refractivity contribution >= 4 is 15.7 Å². The zero-order valence-electron chi connectivity index (χ0n) is 15.2. The Kier molecular flexibility index (Phi) is 5.83. The molecule has 26 heavy (non-hydrogen) atoms. The first-order valence-electron chi connectivity index (χ1n) is 8.85. The highest BCUT2D eigenvalue weighted by Crippen LogP contribution is 2.30. The van der Waals surface area contributed by atoms with Gasteiger partial charge in [-0.3, -0.25) is 0 Å². The fourth-order valence-electron chi connectivity index (χ4n) is 3.10. The first-order chi connectivity index (χ1) is 12.5. The van der Waals surface area contributed by atoms with Crippen molar-refractivity contribution in [1.29, 1.82) is 0 Å². The summed E-state index contributed by atoms with van der Waals surface area (Å²) in [5, 5.41) is 7.13. The number of rotatable bonds is 6. The molecule has 0 amide bonds. The van der Waals surface area contributed by atoms with E-state index >= 15 is 0 Å². The lowest BCUT2D eigenvalue weighted by molar-refractivity contribution is 0.391. The van der Waals surface area contributed by atoms with Crippen LogP contribution in [0.1, 0.15) is 37.1 Å². The van der Waals surface area contributed by atoms with Crippen LogP contribution in [0.15, 0.2) is 33.7 Å². The molecule has 1 saturated heterocycles. The first-order valence-corrected chi connectivity index (χ1v) is 10.3. The van der Waals surface area contributed by atoms with Gasteiger partial charge in [-0.05, 0) is 38.0 Å². The first kappa shape index (κ1) is 18.7. The Balaban J connectivity index is 1.83. The van der Waals surface area contributed by atoms with E-state index in [1.54, 1.807) is 29.6 Å². The summed E-state index contributed by atoms with van der Waals surface area (Å²) in [5.41, 5.74) is 1.36. The molecule has 0 radical (unpaired) electrons. The Morgan fingerprint density at radius 1 is 1.19 bits per heavy atom. The predicted octanol–water partition coefficient (Wildman–Crippen LogP) is 3.17. The van der Waals surface area contributed by atoms with E-state index in [0.29, 0.717) is 31.1 Å². The molecule has 1 fully saturated rings. The summed E-state index contributed by atoms with van der Waals surface area (Å²) in [5.74, 6) is 1.31. The molecule has 0 spiro atoms. The van der Waals surface area contributed by atoms with Crippen molar-refractivity contribution in [1.82, 2.24) is 9.46 Å². The molecule has 2 heterocycles. The Hall–Kier alpha value is -2.06. The third-order valence-corrected chi connectivity index (χ3v) is 6.41. The molecule has 1 N–H and O–H groups in total. The van der Waals surface area contributed by atoms with Crippen LogP contribution < -0.4 is 10.1 Å². The van der Waals surface area contributed by atoms with E-state index in [4.69, 9.17) is 9.26 Å². The summed E-state index contributed by atoms with van der Waals surface area (Å²) in [7, 11) is -1.95. The largest absolute Gasteiger partial charge is 0.495 e. The Morgan fingerprint density at radius 3 is 2.54 bits per heavy atom. The molecule has 7 nitrogen and oxygen atoms in total. The standard InChI is InChI=1S/C18H25N3O4S/c1-14-11-15(20-25-14)13-19-17-12-16(7-8-18(17)24-2)26(22,23)21-9-5-3-4-6-10-21/h7-8,11-12,19H,3-6,9-10,13H2,1-2H3. The smallest absolute Gasteiger partial charge is 0.243 e. The van der Waals surface area contributed by atoms with Gasteiger partial charge < -0.3 is 14.6 Å². The summed E-state index contributed by atoms with van der Waals surface area (Å²) in [4.78, 5) is 0.277. The number of nitrogens with one attached hydrogen (secondary N) is 1. The van der Waals surface area contributed by atoms with Gasteiger partial charge in [0.25, 0.3) is 0 Å². The van der Waals surface area contributed by atoms with Gasteiger partial charge in [-0.1, -0.05) is 18.0 Å². The number of ether oxygens (including phenoxy) is 1. The van der Waals surface area contributed by atoms with Crippen LogP contribution >= 0.6 is 0 Å². The highest BCUT2D eigenvalue weighted by atomic mass is 32.2. The van der Waals surface area contributed by atoms with Gasteiger partial charge in [0.1, 0.15) is 17.2 Å². The average Bonchev–Trinajstić information content (AvgIpc) is 2.87. The van der Waals surface area contributed by atoms with Crippen molar-refractivity contribution in [3.63, 3.8) is 0 Å². The van der Waals surface area contributed by atoms with Gasteiger partial charge in [-0.25, -0.2) is 8.42 Å². The number of hydrogen-bond donors (Lipinski definition) is 1. The second kappa shape index (κ2) is 8.09. The monoisotopic (exact) mass is 379 g/mol. The Labute approximate surface area is 154 Å². The van der Waals surface area contributed by atoms with Crippen LogP contribution in [0.2, 0.25) is 0 Å². The van der Waals surface area contributed by atoms with Crippen molar-refractivity contribution in [3.05, 3.63) is 35.7 Å². The van der Waals surface area contributed by atoms with Gasteiger partial charge in [-0.15, -0.1) is 0 Å². The lowest BCUT2D eigenvalue weighted by Gasteiger charge is -2.21. The van der Waals surface area contributed by atoms with Crippen molar-refractivity contribution in [2.75, 3.05) is 25.5 Å². The van der Waals surface area contributed by atoms with E-state index in [2.05, 4.69) is 10.5 Å². The number of nitrogens with zero attached hydrogens (tertiary/aromatic N) is 2. The topological polar surface area (TPSA) is 84.7 Å². The quantitative estimate of drug-likeness (QED) is 0.830. The van der Waals surface area contributed by atoms with Crippen molar-refractivity contribution in [2.45, 2.75) is 44.0 Å². The number of aromatic nitrogens is 1. The highest BCUT2D eigenvalue weighted by molar-refractivity contribution is 7.89. The molecule has 1 aliphatic rings. The number of anilines is 1. The van der Waals surface area contributed by atoms with Crippen LogP contribution in [-0.2, 0) is 16.6 Å². The van der Waals surface area contributed by atoms with Crippen LogP contribution in [0, 0.1) is 6.92 Å². The molecule has 2 aromatic rings. The number of hydrogen-bond acceptors (Lipinski definition) is 6. The Morgan fingerprint density at radius 2 is 1.92 bits per heavy atom. The van der Waals surface area contributed by atoms with Gasteiger partial charge in [0.2, 0.25) is 10.0 Å². The minimum absolute atomic E-state index is 0.277. The average molecular weight is 379 g/mol. The van der Waals surface area contributed by atoms with Crippen LogP contribution in [0.4, 0.5) is 5.69 Å². The fourth-order valence-corrected chi connectivity index (χ4v) is 4.65. The molecule has 0 saturated carbocycles. The molecule has 0 atom stereocenters. The molecular weight excluding hydrogens is 354 g/mol. The van der Waals surface area contributed by atoms with Crippen LogP contribution in [0.5, 0.6) is 5.75 Å². The second-order valence-electron chi connectivity index (χ2n) is 6.46. The van der Waals surface area contributed by atoms with E-state index in [1.807, 2.05) is 13.0 Å². The van der Waals surface area contributed by atoms with Gasteiger partial charge in [0, 0.05) is 19.2 Å². The van der Waals surface area contributed by atoms with E-state index in [9.17, 15) is 8.42 Å². The molecule has 3 rings (SSSR count). The lowest BCUT2D eigenvalue weighted by Crippen LogP contribution is -2.32. The maximum Gasteiger partial charge on any atom is 0.243 e. The highest BCUT2D eigenvalue weighted by Gasteiger charge is 2.26. The third-order valence-electron chi connectivity index (χ3n) is 4.51. The normalized spacial score (nSPS) is 16.2. The number of sulfonamides is 1. The maximum atomic E-state index is 13.0. The molecule has 0 bridgehead atoms. The summed E-state index contributed by atoms with van der Waals surface area (Å²) < 4.78 is 38.0. The summed E-state index contributed by atoms with van der Waals surface area (Å²) in [6.07, 6.45) is 3.98. The summed E-state index contributed by atoms with van der Waals surface area (Å²) >= 11 is 0. The van der Waals surface area contributed by atoms with Crippen molar-refractivity contribution < 1.29 is 17.7 Å². The van der Waals surface area contributed by atoms with Gasteiger partial charge in [0.15, 0.2) is 0 Å². The van der Waals surface area contributed by atoms with Crippen LogP contribution in [-0.4, -0.2) is 38.1 Å². The van der Waals surface area contributed by atoms with Gasteiger partial charge >= 0.3 is 0 Å². The maximum absolute atomic E-state index is 13.0. The summed E-state index contributed by atoms with van der Waals surface area (Å²) in [6, 6.07) is 6.74. The van der Waals surface area contributed by atoms with E-state index < -0.39 is 10.0 Å². The lowest BCUT2D eigenvalue weighted by atomic mass is 10.2. The number of benzene rings is 1. The van der Waals surface area contributed by atoms with E-state index in [0.717, 1.165) is 37.1 Å². The fraction of sp³-hybridized carbons (Fsp3) is 0.500.